The lowest BCUT2D eigenvalue weighted by Crippen LogP contribution is -2.48. The molecule has 2 aromatic carbocycles. The first-order valence-corrected chi connectivity index (χ1v) is 10.3. The molecule has 0 spiro atoms. The highest BCUT2D eigenvalue weighted by Crippen LogP contribution is 2.24. The van der Waals surface area contributed by atoms with E-state index in [0.717, 1.165) is 26.2 Å². The van der Waals surface area contributed by atoms with Gasteiger partial charge in [-0.25, -0.2) is 4.79 Å². The van der Waals surface area contributed by atoms with Gasteiger partial charge in [-0.2, -0.15) is 0 Å². The van der Waals surface area contributed by atoms with Gasteiger partial charge in [-0.3, -0.25) is 4.90 Å². The number of nitrogens with one attached hydrogen (secondary N) is 2. The number of hydrogen-bond donors (Lipinski definition) is 2. The van der Waals surface area contributed by atoms with Crippen molar-refractivity contribution in [2.45, 2.75) is 6.04 Å². The van der Waals surface area contributed by atoms with E-state index in [9.17, 15) is 4.79 Å². The van der Waals surface area contributed by atoms with Gasteiger partial charge in [-0.1, -0.05) is 18.2 Å². The molecule has 1 aliphatic rings. The molecular formula is C23H33N5O2. The third-order valence-corrected chi connectivity index (χ3v) is 5.56. The number of hydrogen-bond acceptors (Lipinski definition) is 5. The van der Waals surface area contributed by atoms with Crippen molar-refractivity contribution in [2.24, 2.45) is 0 Å². The van der Waals surface area contributed by atoms with Crippen molar-refractivity contribution in [2.75, 3.05) is 71.2 Å². The predicted octanol–water partition coefficient (Wildman–Crippen LogP) is 2.87. The molecule has 7 nitrogen and oxygen atoms in total. The van der Waals surface area contributed by atoms with Crippen LogP contribution >= 0.6 is 0 Å². The number of anilines is 2. The third-order valence-electron chi connectivity index (χ3n) is 5.56. The number of ether oxygens (including phenoxy) is 1. The molecule has 2 aromatic rings. The number of rotatable bonds is 7. The number of carbonyl (C=O) groups excluding carboxylic acids is 1. The van der Waals surface area contributed by atoms with Gasteiger partial charge in [0.25, 0.3) is 0 Å². The second kappa shape index (κ2) is 10.3. The topological polar surface area (TPSA) is 60.1 Å². The molecule has 0 aliphatic carbocycles. The zero-order valence-corrected chi connectivity index (χ0v) is 18.4. The standard InChI is InChI=1S/C23H33N5O2/c1-26(2)20-10-8-18(9-11-20)22(28-14-12-27(3)13-15-28)17-24-23(29)25-19-6-5-7-21(16-19)30-4/h5-11,16,22H,12-15,17H2,1-4H3,(H2,24,25,29)/t22-/m1/s1. The average molecular weight is 412 g/mol. The lowest BCUT2D eigenvalue weighted by atomic mass is 10.0. The van der Waals surface area contributed by atoms with E-state index in [1.165, 1.54) is 11.3 Å². The van der Waals surface area contributed by atoms with Crippen molar-refractivity contribution in [1.82, 2.24) is 15.1 Å². The van der Waals surface area contributed by atoms with Crippen molar-refractivity contribution >= 4 is 17.4 Å². The van der Waals surface area contributed by atoms with Crippen LogP contribution in [0.5, 0.6) is 5.75 Å². The first-order valence-electron chi connectivity index (χ1n) is 10.3. The van der Waals surface area contributed by atoms with E-state index in [1.807, 2.05) is 32.3 Å². The van der Waals surface area contributed by atoms with Crippen LogP contribution in [0.1, 0.15) is 11.6 Å². The van der Waals surface area contributed by atoms with Crippen LogP contribution in [0.4, 0.5) is 16.2 Å². The molecule has 0 unspecified atom stereocenters. The Morgan fingerprint density at radius 1 is 1.10 bits per heavy atom. The van der Waals surface area contributed by atoms with Crippen molar-refractivity contribution in [3.8, 4) is 5.75 Å². The van der Waals surface area contributed by atoms with E-state index in [-0.39, 0.29) is 12.1 Å². The Labute approximate surface area is 179 Å². The Morgan fingerprint density at radius 3 is 2.43 bits per heavy atom. The smallest absolute Gasteiger partial charge is 0.319 e. The number of urea groups is 1. The predicted molar refractivity (Wildman–Crippen MR) is 123 cm³/mol. The minimum Gasteiger partial charge on any atom is -0.497 e. The molecule has 0 radical (unpaired) electrons. The van der Waals surface area contributed by atoms with E-state index in [0.29, 0.717) is 18.0 Å². The Kier molecular flexibility index (Phi) is 7.54. The van der Waals surface area contributed by atoms with Crippen molar-refractivity contribution in [1.29, 1.82) is 0 Å². The molecular weight excluding hydrogens is 378 g/mol. The number of likely N-dealkylation sites (N-methyl/N-ethyl adjacent to an activating group) is 1. The van der Waals surface area contributed by atoms with Crippen LogP contribution in [0.2, 0.25) is 0 Å². The highest BCUT2D eigenvalue weighted by molar-refractivity contribution is 5.89. The van der Waals surface area contributed by atoms with Gasteiger partial charge in [0.1, 0.15) is 5.75 Å². The lowest BCUT2D eigenvalue weighted by molar-refractivity contribution is 0.111. The Hall–Kier alpha value is -2.77. The number of nitrogens with zero attached hydrogens (tertiary/aromatic N) is 3. The molecule has 3 rings (SSSR count). The maximum atomic E-state index is 12.5. The van der Waals surface area contributed by atoms with Gasteiger partial charge in [0, 0.05) is 64.3 Å². The van der Waals surface area contributed by atoms with Crippen LogP contribution < -0.4 is 20.3 Å². The quantitative estimate of drug-likeness (QED) is 0.734. The average Bonchev–Trinajstić information content (AvgIpc) is 2.75. The highest BCUT2D eigenvalue weighted by Gasteiger charge is 2.24. The first kappa shape index (κ1) is 21.9. The van der Waals surface area contributed by atoms with Crippen LogP contribution in [-0.4, -0.2) is 76.8 Å². The largest absolute Gasteiger partial charge is 0.497 e. The fourth-order valence-corrected chi connectivity index (χ4v) is 3.65. The van der Waals surface area contributed by atoms with E-state index in [4.69, 9.17) is 4.74 Å². The van der Waals surface area contributed by atoms with Gasteiger partial charge in [0.2, 0.25) is 0 Å². The minimum absolute atomic E-state index is 0.131. The van der Waals surface area contributed by atoms with E-state index in [1.54, 1.807) is 13.2 Å². The van der Waals surface area contributed by atoms with Gasteiger partial charge < -0.3 is 25.2 Å². The number of carbonyl (C=O) groups is 1. The number of methoxy groups -OCH3 is 1. The fraction of sp³-hybridized carbons (Fsp3) is 0.435. The second-order valence-corrected chi connectivity index (χ2v) is 7.91. The summed E-state index contributed by atoms with van der Waals surface area (Å²) in [6.07, 6.45) is 0. The molecule has 1 fully saturated rings. The molecule has 0 saturated carbocycles. The molecule has 0 bridgehead atoms. The maximum absolute atomic E-state index is 12.5. The van der Waals surface area contributed by atoms with Crippen molar-refractivity contribution in [3.05, 3.63) is 54.1 Å². The Bertz CT molecular complexity index is 817. The SMILES string of the molecule is COc1cccc(NC(=O)NC[C@H](c2ccc(N(C)C)cc2)N2CCN(C)CC2)c1. The first-order chi connectivity index (χ1) is 14.5. The summed E-state index contributed by atoms with van der Waals surface area (Å²) in [6.45, 7) is 4.57. The second-order valence-electron chi connectivity index (χ2n) is 7.91. The third kappa shape index (κ3) is 5.87. The van der Waals surface area contributed by atoms with Gasteiger partial charge in [-0.15, -0.1) is 0 Å². The molecule has 2 N–H and O–H groups in total. The molecule has 1 aliphatic heterocycles. The van der Waals surface area contributed by atoms with Crippen molar-refractivity contribution < 1.29 is 9.53 Å². The van der Waals surface area contributed by atoms with Crippen molar-refractivity contribution in [3.63, 3.8) is 0 Å². The molecule has 1 heterocycles. The Morgan fingerprint density at radius 2 is 1.80 bits per heavy atom. The monoisotopic (exact) mass is 411 g/mol. The molecule has 30 heavy (non-hydrogen) atoms. The number of piperazine rings is 1. The molecule has 0 aromatic heterocycles. The lowest BCUT2D eigenvalue weighted by Gasteiger charge is -2.38. The normalized spacial score (nSPS) is 16.0. The fourth-order valence-electron chi connectivity index (χ4n) is 3.65. The molecule has 7 heteroatoms. The number of amides is 2. The molecule has 1 saturated heterocycles. The van der Waals surface area contributed by atoms with Crippen LogP contribution in [0.15, 0.2) is 48.5 Å². The maximum Gasteiger partial charge on any atom is 0.319 e. The number of benzene rings is 2. The Balaban J connectivity index is 1.67. The summed E-state index contributed by atoms with van der Waals surface area (Å²) in [5.41, 5.74) is 3.09. The van der Waals surface area contributed by atoms with Gasteiger partial charge in [0.15, 0.2) is 0 Å². The van der Waals surface area contributed by atoms with Crippen LogP contribution in [0.3, 0.4) is 0 Å². The van der Waals surface area contributed by atoms with Crippen LogP contribution in [0, 0.1) is 0 Å². The van der Waals surface area contributed by atoms with Crippen LogP contribution in [-0.2, 0) is 0 Å². The minimum atomic E-state index is -0.215. The summed E-state index contributed by atoms with van der Waals surface area (Å²) in [6, 6.07) is 15.9. The molecule has 1 atom stereocenters. The van der Waals surface area contributed by atoms with E-state index < -0.39 is 0 Å². The van der Waals surface area contributed by atoms with E-state index >= 15 is 0 Å². The van der Waals surface area contributed by atoms with Gasteiger partial charge in [0.05, 0.1) is 13.2 Å². The van der Waals surface area contributed by atoms with E-state index in [2.05, 4.69) is 56.6 Å². The molecule has 162 valence electrons. The summed E-state index contributed by atoms with van der Waals surface area (Å²) in [5.74, 6) is 0.712. The highest BCUT2D eigenvalue weighted by atomic mass is 16.5. The summed E-state index contributed by atoms with van der Waals surface area (Å²) in [5, 5.41) is 5.95. The van der Waals surface area contributed by atoms with Crippen LogP contribution in [0.25, 0.3) is 0 Å². The summed E-state index contributed by atoms with van der Waals surface area (Å²) >= 11 is 0. The summed E-state index contributed by atoms with van der Waals surface area (Å²) in [4.78, 5) is 19.4. The molecule has 2 amide bonds. The van der Waals surface area contributed by atoms with Gasteiger partial charge in [-0.05, 0) is 36.9 Å². The summed E-state index contributed by atoms with van der Waals surface area (Å²) < 4.78 is 5.22. The zero-order chi connectivity index (χ0) is 21.5. The summed E-state index contributed by atoms with van der Waals surface area (Å²) in [7, 11) is 7.84. The van der Waals surface area contributed by atoms with Gasteiger partial charge >= 0.3 is 6.03 Å². The zero-order valence-electron chi connectivity index (χ0n) is 18.4.